The highest BCUT2D eigenvalue weighted by molar-refractivity contribution is 6.36. The fourth-order valence-electron chi connectivity index (χ4n) is 2.94. The van der Waals surface area contributed by atoms with Gasteiger partial charge in [-0.3, -0.25) is 14.4 Å². The molecule has 6 nitrogen and oxygen atoms in total. The molecule has 160 valence electrons. The Bertz CT molecular complexity index is 1110. The molecule has 0 atom stereocenters. The quantitative estimate of drug-likeness (QED) is 0.440. The Hall–Kier alpha value is -3.09. The van der Waals surface area contributed by atoms with Crippen molar-refractivity contribution in [3.8, 4) is 0 Å². The van der Waals surface area contributed by atoms with E-state index in [0.717, 1.165) is 16.5 Å². The maximum Gasteiger partial charge on any atom is 0.306 e. The molecule has 0 unspecified atom stereocenters. The van der Waals surface area contributed by atoms with Gasteiger partial charge in [-0.25, -0.2) is 0 Å². The summed E-state index contributed by atoms with van der Waals surface area (Å²) in [5, 5.41) is 8.11. The van der Waals surface area contributed by atoms with E-state index >= 15 is 0 Å². The number of carbonyl (C=O) groups is 3. The lowest BCUT2D eigenvalue weighted by Crippen LogP contribution is -2.21. The second kappa shape index (κ2) is 10.8. The zero-order valence-electron chi connectivity index (χ0n) is 16.5. The molecule has 0 bridgehead atoms. The molecule has 0 radical (unpaired) electrons. The lowest BCUT2D eigenvalue weighted by Gasteiger charge is -2.09. The number of ether oxygens (including phenoxy) is 1. The van der Waals surface area contributed by atoms with Gasteiger partial charge in [-0.05, 0) is 36.1 Å². The van der Waals surface area contributed by atoms with Crippen molar-refractivity contribution in [2.75, 3.05) is 17.2 Å². The average Bonchev–Trinajstić information content (AvgIpc) is 2.74. The van der Waals surface area contributed by atoms with Gasteiger partial charge in [0.1, 0.15) is 0 Å². The van der Waals surface area contributed by atoms with Crippen LogP contribution in [0.15, 0.2) is 60.7 Å². The first kappa shape index (κ1) is 22.6. The molecule has 2 N–H and O–H groups in total. The topological polar surface area (TPSA) is 84.5 Å². The average molecular weight is 459 g/mol. The predicted octanol–water partition coefficient (Wildman–Crippen LogP) is 5.44. The molecule has 0 aliphatic heterocycles. The molecule has 0 aliphatic rings. The summed E-state index contributed by atoms with van der Waals surface area (Å²) in [6.45, 7) is -0.444. The molecule has 0 saturated carbocycles. The van der Waals surface area contributed by atoms with Crippen LogP contribution in [0.4, 0.5) is 11.4 Å². The third-order valence-electron chi connectivity index (χ3n) is 4.42. The van der Waals surface area contributed by atoms with Gasteiger partial charge in [0.15, 0.2) is 6.61 Å². The molecule has 8 heteroatoms. The number of amides is 2. The molecule has 3 aromatic rings. The lowest BCUT2D eigenvalue weighted by molar-refractivity contribution is -0.147. The van der Waals surface area contributed by atoms with Crippen LogP contribution in [-0.2, 0) is 19.1 Å². The van der Waals surface area contributed by atoms with Crippen LogP contribution < -0.4 is 10.6 Å². The molecule has 0 aliphatic carbocycles. The van der Waals surface area contributed by atoms with Crippen molar-refractivity contribution in [3.63, 3.8) is 0 Å². The number of benzene rings is 3. The van der Waals surface area contributed by atoms with Crippen molar-refractivity contribution < 1.29 is 19.1 Å². The normalized spacial score (nSPS) is 10.5. The number of nitrogens with one attached hydrogen (secondary N) is 2. The number of halogens is 2. The van der Waals surface area contributed by atoms with Gasteiger partial charge >= 0.3 is 5.97 Å². The van der Waals surface area contributed by atoms with Gasteiger partial charge in [0.2, 0.25) is 5.91 Å². The van der Waals surface area contributed by atoms with Gasteiger partial charge in [0.25, 0.3) is 5.91 Å². The Morgan fingerprint density at radius 1 is 0.806 bits per heavy atom. The van der Waals surface area contributed by atoms with E-state index in [1.54, 1.807) is 12.1 Å². The zero-order chi connectivity index (χ0) is 22.2. The Morgan fingerprint density at radius 2 is 1.55 bits per heavy atom. The van der Waals surface area contributed by atoms with Crippen molar-refractivity contribution >= 4 is 63.1 Å². The highest BCUT2D eigenvalue weighted by Crippen LogP contribution is 2.25. The van der Waals surface area contributed by atoms with E-state index < -0.39 is 18.5 Å². The molecule has 0 aromatic heterocycles. The minimum absolute atomic E-state index is 0.0257. The summed E-state index contributed by atoms with van der Waals surface area (Å²) in [6, 6.07) is 18.1. The highest BCUT2D eigenvalue weighted by Gasteiger charge is 2.11. The van der Waals surface area contributed by atoms with Crippen LogP contribution in [0, 0.1) is 0 Å². The van der Waals surface area contributed by atoms with Crippen molar-refractivity contribution in [1.29, 1.82) is 0 Å². The van der Waals surface area contributed by atoms with Crippen molar-refractivity contribution in [1.82, 2.24) is 0 Å². The van der Waals surface area contributed by atoms with Gasteiger partial charge in [-0.1, -0.05) is 59.6 Å². The van der Waals surface area contributed by atoms with Crippen molar-refractivity contribution in [3.05, 3.63) is 70.7 Å². The van der Waals surface area contributed by atoms with E-state index in [1.165, 1.54) is 6.07 Å². The van der Waals surface area contributed by atoms with E-state index in [2.05, 4.69) is 10.6 Å². The molecular formula is C23H20Cl2N2O4. The minimum Gasteiger partial charge on any atom is -0.456 e. The van der Waals surface area contributed by atoms with E-state index in [-0.39, 0.29) is 23.8 Å². The molecule has 0 saturated heterocycles. The van der Waals surface area contributed by atoms with Crippen LogP contribution in [0.5, 0.6) is 0 Å². The molecule has 31 heavy (non-hydrogen) atoms. The van der Waals surface area contributed by atoms with Crippen LogP contribution in [0.3, 0.4) is 0 Å². The summed E-state index contributed by atoms with van der Waals surface area (Å²) in [4.78, 5) is 36.0. The number of rotatable bonds is 8. The summed E-state index contributed by atoms with van der Waals surface area (Å²) in [6.07, 6.45) is 0.489. The van der Waals surface area contributed by atoms with Crippen LogP contribution in [0.2, 0.25) is 10.0 Å². The number of carbonyl (C=O) groups excluding carboxylic acids is 3. The molecule has 3 aromatic carbocycles. The summed E-state index contributed by atoms with van der Waals surface area (Å²) in [5.74, 6) is -1.28. The first-order chi connectivity index (χ1) is 14.9. The Morgan fingerprint density at radius 3 is 2.35 bits per heavy atom. The van der Waals surface area contributed by atoms with Gasteiger partial charge in [-0.2, -0.15) is 0 Å². The van der Waals surface area contributed by atoms with Crippen molar-refractivity contribution in [2.24, 2.45) is 0 Å². The first-order valence-electron chi connectivity index (χ1n) is 9.60. The van der Waals surface area contributed by atoms with Gasteiger partial charge in [0, 0.05) is 28.9 Å². The van der Waals surface area contributed by atoms with Gasteiger partial charge < -0.3 is 15.4 Å². The van der Waals surface area contributed by atoms with E-state index in [0.29, 0.717) is 17.1 Å². The maximum absolute atomic E-state index is 12.2. The summed E-state index contributed by atoms with van der Waals surface area (Å²) >= 11 is 11.8. The monoisotopic (exact) mass is 458 g/mol. The van der Waals surface area contributed by atoms with E-state index in [4.69, 9.17) is 27.9 Å². The predicted molar refractivity (Wildman–Crippen MR) is 122 cm³/mol. The van der Waals surface area contributed by atoms with Crippen LogP contribution in [0.1, 0.15) is 19.3 Å². The van der Waals surface area contributed by atoms with Gasteiger partial charge in [-0.15, -0.1) is 0 Å². The standard InChI is InChI=1S/C23H20Cl2N2O4/c24-16-11-12-20(18(25)13-16)27-22(29)14-31-23(30)10-4-9-21(28)26-19-8-3-6-15-5-1-2-7-17(15)19/h1-3,5-8,11-13H,4,9-10,14H2,(H,26,28)(H,27,29). The molecule has 3 rings (SSSR count). The third kappa shape index (κ3) is 6.70. The number of anilines is 2. The molecule has 2 amide bonds. The Labute approximate surface area is 189 Å². The summed E-state index contributed by atoms with van der Waals surface area (Å²) in [5.41, 5.74) is 1.10. The first-order valence-corrected chi connectivity index (χ1v) is 10.4. The summed E-state index contributed by atoms with van der Waals surface area (Å²) < 4.78 is 4.95. The second-order valence-corrected chi connectivity index (χ2v) is 7.61. The summed E-state index contributed by atoms with van der Waals surface area (Å²) in [7, 11) is 0. The smallest absolute Gasteiger partial charge is 0.306 e. The minimum atomic E-state index is -0.560. The molecule has 0 fully saturated rings. The number of hydrogen-bond donors (Lipinski definition) is 2. The number of fused-ring (bicyclic) bond motifs is 1. The molecular weight excluding hydrogens is 439 g/mol. The van der Waals surface area contributed by atoms with Crippen LogP contribution >= 0.6 is 23.2 Å². The molecule has 0 spiro atoms. The van der Waals surface area contributed by atoms with E-state index in [9.17, 15) is 14.4 Å². The lowest BCUT2D eigenvalue weighted by atomic mass is 10.1. The van der Waals surface area contributed by atoms with Gasteiger partial charge in [0.05, 0.1) is 10.7 Å². The number of esters is 1. The fourth-order valence-corrected chi connectivity index (χ4v) is 3.39. The third-order valence-corrected chi connectivity index (χ3v) is 4.97. The van der Waals surface area contributed by atoms with E-state index in [1.807, 2.05) is 42.5 Å². The second-order valence-electron chi connectivity index (χ2n) is 6.76. The fraction of sp³-hybridized carbons (Fsp3) is 0.174. The number of hydrogen-bond acceptors (Lipinski definition) is 4. The Kier molecular flexibility index (Phi) is 7.87. The highest BCUT2D eigenvalue weighted by atomic mass is 35.5. The largest absolute Gasteiger partial charge is 0.456 e. The zero-order valence-corrected chi connectivity index (χ0v) is 18.0. The van der Waals surface area contributed by atoms with Crippen LogP contribution in [-0.4, -0.2) is 24.4 Å². The SMILES string of the molecule is O=C(COC(=O)CCCC(=O)Nc1cccc2ccccc12)Nc1ccc(Cl)cc1Cl. The Balaban J connectivity index is 1.38. The van der Waals surface area contributed by atoms with Crippen LogP contribution in [0.25, 0.3) is 10.8 Å². The van der Waals surface area contributed by atoms with Crippen molar-refractivity contribution in [2.45, 2.75) is 19.3 Å². The molecule has 0 heterocycles. The maximum atomic E-state index is 12.2.